The van der Waals surface area contributed by atoms with E-state index in [1.807, 2.05) is 19.1 Å². The van der Waals surface area contributed by atoms with E-state index in [0.29, 0.717) is 18.1 Å². The zero-order valence-electron chi connectivity index (χ0n) is 12.7. The summed E-state index contributed by atoms with van der Waals surface area (Å²) in [6.45, 7) is 5.67. The SMILES string of the molecule is C=CC(=O)OCCC.Oc1ccccc1.Oc1ccccc1. The van der Waals surface area contributed by atoms with Crippen LogP contribution in [0.5, 0.6) is 11.5 Å². The van der Waals surface area contributed by atoms with Gasteiger partial charge in [-0.1, -0.05) is 49.9 Å². The molecule has 2 rings (SSSR count). The molecule has 22 heavy (non-hydrogen) atoms. The molecule has 0 amide bonds. The van der Waals surface area contributed by atoms with Crippen molar-refractivity contribution in [3.8, 4) is 11.5 Å². The Bertz CT molecular complexity index is 472. The van der Waals surface area contributed by atoms with Gasteiger partial charge in [-0.05, 0) is 30.7 Å². The molecule has 0 bridgehead atoms. The van der Waals surface area contributed by atoms with Crippen molar-refractivity contribution in [2.45, 2.75) is 13.3 Å². The molecule has 2 aromatic carbocycles. The van der Waals surface area contributed by atoms with E-state index < -0.39 is 0 Å². The van der Waals surface area contributed by atoms with Crippen molar-refractivity contribution >= 4 is 5.97 Å². The number of aromatic hydroxyl groups is 2. The molecular formula is C18H22O4. The zero-order valence-corrected chi connectivity index (χ0v) is 12.7. The van der Waals surface area contributed by atoms with E-state index in [1.165, 1.54) is 0 Å². The predicted molar refractivity (Wildman–Crippen MR) is 87.7 cm³/mol. The van der Waals surface area contributed by atoms with Crippen molar-refractivity contribution in [1.29, 1.82) is 0 Å². The molecule has 0 saturated heterocycles. The van der Waals surface area contributed by atoms with Crippen LogP contribution < -0.4 is 0 Å². The molecule has 2 N–H and O–H groups in total. The first kappa shape index (κ1) is 19.2. The van der Waals surface area contributed by atoms with Crippen LogP contribution in [0.2, 0.25) is 0 Å². The first-order chi connectivity index (χ1) is 10.6. The minimum atomic E-state index is -0.341. The average molecular weight is 302 g/mol. The molecule has 0 fully saturated rings. The standard InChI is InChI=1S/C6H10O2.2C6H6O/c1-3-5-8-6(7)4-2;2*7-6-4-2-1-3-5-6/h4H,2-3,5H2,1H3;2*1-5,7H. The van der Waals surface area contributed by atoms with E-state index in [2.05, 4.69) is 11.3 Å². The molecule has 2 aromatic rings. The number of hydrogen-bond acceptors (Lipinski definition) is 4. The van der Waals surface area contributed by atoms with E-state index in [-0.39, 0.29) is 5.97 Å². The molecule has 0 radical (unpaired) electrons. The fraction of sp³-hybridized carbons (Fsp3) is 0.167. The van der Waals surface area contributed by atoms with Crippen molar-refractivity contribution < 1.29 is 19.7 Å². The summed E-state index contributed by atoms with van der Waals surface area (Å²) >= 11 is 0. The van der Waals surface area contributed by atoms with Crippen LogP contribution in [0.3, 0.4) is 0 Å². The largest absolute Gasteiger partial charge is 0.508 e. The van der Waals surface area contributed by atoms with Crippen LogP contribution in [0.1, 0.15) is 13.3 Å². The predicted octanol–water partition coefficient (Wildman–Crippen LogP) is 3.91. The zero-order chi connectivity index (χ0) is 16.6. The van der Waals surface area contributed by atoms with Crippen molar-refractivity contribution in [3.63, 3.8) is 0 Å². The van der Waals surface area contributed by atoms with Crippen LogP contribution in [-0.4, -0.2) is 22.8 Å². The number of ether oxygens (including phenoxy) is 1. The summed E-state index contributed by atoms with van der Waals surface area (Å²) in [6.07, 6.45) is 2.02. The number of rotatable bonds is 3. The summed E-state index contributed by atoms with van der Waals surface area (Å²) in [5.41, 5.74) is 0. The monoisotopic (exact) mass is 302 g/mol. The molecule has 0 saturated carbocycles. The second-order valence-electron chi connectivity index (χ2n) is 4.04. The molecule has 0 unspecified atom stereocenters. The highest BCUT2D eigenvalue weighted by Crippen LogP contribution is 2.03. The molecule has 0 atom stereocenters. The van der Waals surface area contributed by atoms with Crippen molar-refractivity contribution in [1.82, 2.24) is 0 Å². The molecule has 0 aliphatic carbocycles. The molecule has 0 aromatic heterocycles. The summed E-state index contributed by atoms with van der Waals surface area (Å²) in [4.78, 5) is 10.2. The van der Waals surface area contributed by atoms with Crippen molar-refractivity contribution in [2.75, 3.05) is 6.61 Å². The quantitative estimate of drug-likeness (QED) is 0.666. The Morgan fingerprint density at radius 3 is 1.64 bits per heavy atom. The Morgan fingerprint density at radius 2 is 1.41 bits per heavy atom. The fourth-order valence-corrected chi connectivity index (χ4v) is 1.12. The number of phenols is 2. The fourth-order valence-electron chi connectivity index (χ4n) is 1.12. The summed E-state index contributed by atoms with van der Waals surface area (Å²) in [7, 11) is 0. The number of hydrogen-bond donors (Lipinski definition) is 2. The van der Waals surface area contributed by atoms with Crippen LogP contribution >= 0.6 is 0 Å². The lowest BCUT2D eigenvalue weighted by Crippen LogP contribution is -1.99. The van der Waals surface area contributed by atoms with Gasteiger partial charge < -0.3 is 14.9 Å². The van der Waals surface area contributed by atoms with Gasteiger partial charge in [0, 0.05) is 6.08 Å². The third-order valence-electron chi connectivity index (χ3n) is 2.13. The molecule has 118 valence electrons. The number of benzene rings is 2. The van der Waals surface area contributed by atoms with Crippen LogP contribution in [0, 0.1) is 0 Å². The van der Waals surface area contributed by atoms with Gasteiger partial charge in [-0.15, -0.1) is 0 Å². The smallest absolute Gasteiger partial charge is 0.330 e. The number of carbonyl (C=O) groups is 1. The van der Waals surface area contributed by atoms with E-state index in [9.17, 15) is 4.79 Å². The molecule has 0 aliphatic heterocycles. The van der Waals surface area contributed by atoms with Gasteiger partial charge in [-0.2, -0.15) is 0 Å². The average Bonchev–Trinajstić information content (AvgIpc) is 2.55. The first-order valence-electron chi connectivity index (χ1n) is 6.87. The molecule has 0 spiro atoms. The third kappa shape index (κ3) is 12.3. The van der Waals surface area contributed by atoms with E-state index in [4.69, 9.17) is 10.2 Å². The Kier molecular flexibility index (Phi) is 11.6. The molecule has 4 heteroatoms. The van der Waals surface area contributed by atoms with E-state index in [0.717, 1.165) is 12.5 Å². The number of carbonyl (C=O) groups excluding carboxylic acids is 1. The van der Waals surface area contributed by atoms with Crippen molar-refractivity contribution in [2.24, 2.45) is 0 Å². The van der Waals surface area contributed by atoms with Crippen molar-refractivity contribution in [3.05, 3.63) is 73.3 Å². The second kappa shape index (κ2) is 13.2. The Morgan fingerprint density at radius 1 is 1.00 bits per heavy atom. The maximum Gasteiger partial charge on any atom is 0.330 e. The molecule has 0 heterocycles. The van der Waals surface area contributed by atoms with Gasteiger partial charge in [0.2, 0.25) is 0 Å². The van der Waals surface area contributed by atoms with Gasteiger partial charge in [0.1, 0.15) is 11.5 Å². The third-order valence-corrected chi connectivity index (χ3v) is 2.13. The maximum atomic E-state index is 10.2. The Labute approximate surface area is 131 Å². The lowest BCUT2D eigenvalue weighted by Gasteiger charge is -1.94. The van der Waals surface area contributed by atoms with Gasteiger partial charge in [0.05, 0.1) is 6.61 Å². The lowest BCUT2D eigenvalue weighted by atomic mass is 10.3. The van der Waals surface area contributed by atoms with Gasteiger partial charge in [-0.25, -0.2) is 4.79 Å². The number of para-hydroxylation sites is 2. The highest BCUT2D eigenvalue weighted by atomic mass is 16.5. The van der Waals surface area contributed by atoms with Gasteiger partial charge in [0.15, 0.2) is 0 Å². The van der Waals surface area contributed by atoms with Crippen LogP contribution in [-0.2, 0) is 9.53 Å². The number of esters is 1. The summed E-state index contributed by atoms with van der Waals surface area (Å²) < 4.78 is 4.58. The minimum Gasteiger partial charge on any atom is -0.508 e. The molecular weight excluding hydrogens is 280 g/mol. The molecule has 4 nitrogen and oxygen atoms in total. The Balaban J connectivity index is 0.000000301. The van der Waals surface area contributed by atoms with E-state index >= 15 is 0 Å². The highest BCUT2D eigenvalue weighted by molar-refractivity contribution is 5.81. The number of phenolic OH excluding ortho intramolecular Hbond substituents is 2. The summed E-state index contributed by atoms with van der Waals surface area (Å²) in [5.74, 6) is 0.303. The normalized spacial score (nSPS) is 8.41. The highest BCUT2D eigenvalue weighted by Gasteiger charge is 1.89. The van der Waals surface area contributed by atoms with Gasteiger partial charge in [0.25, 0.3) is 0 Å². The van der Waals surface area contributed by atoms with Crippen LogP contribution in [0.25, 0.3) is 0 Å². The first-order valence-corrected chi connectivity index (χ1v) is 6.87. The Hall–Kier alpha value is -2.75. The topological polar surface area (TPSA) is 66.8 Å². The van der Waals surface area contributed by atoms with Crippen LogP contribution in [0.15, 0.2) is 73.3 Å². The second-order valence-corrected chi connectivity index (χ2v) is 4.04. The maximum absolute atomic E-state index is 10.2. The van der Waals surface area contributed by atoms with Crippen LogP contribution in [0.4, 0.5) is 0 Å². The van der Waals surface area contributed by atoms with Gasteiger partial charge in [-0.3, -0.25) is 0 Å². The van der Waals surface area contributed by atoms with E-state index in [1.54, 1.807) is 48.5 Å². The molecule has 0 aliphatic rings. The minimum absolute atomic E-state index is 0.322. The van der Waals surface area contributed by atoms with Gasteiger partial charge >= 0.3 is 5.97 Å². The summed E-state index contributed by atoms with van der Waals surface area (Å²) in [6, 6.07) is 17.4. The lowest BCUT2D eigenvalue weighted by molar-refractivity contribution is -0.137. The summed E-state index contributed by atoms with van der Waals surface area (Å²) in [5, 5.41) is 17.3.